The van der Waals surface area contributed by atoms with E-state index in [4.69, 9.17) is 11.0 Å². The van der Waals surface area contributed by atoms with Gasteiger partial charge < -0.3 is 10.3 Å². The van der Waals surface area contributed by atoms with E-state index in [1.165, 1.54) is 5.56 Å². The number of imidazole rings is 1. The summed E-state index contributed by atoms with van der Waals surface area (Å²) in [5.41, 5.74) is 9.42. The van der Waals surface area contributed by atoms with Crippen molar-refractivity contribution in [1.82, 2.24) is 9.55 Å². The first kappa shape index (κ1) is 13.9. The highest BCUT2D eigenvalue weighted by Crippen LogP contribution is 2.13. The van der Waals surface area contributed by atoms with Crippen molar-refractivity contribution in [1.29, 1.82) is 5.26 Å². The zero-order valence-electron chi connectivity index (χ0n) is 12.1. The number of hydrogen-bond donors (Lipinski definition) is 1. The van der Waals surface area contributed by atoms with Gasteiger partial charge in [-0.1, -0.05) is 24.3 Å². The molecule has 0 aliphatic rings. The van der Waals surface area contributed by atoms with E-state index in [0.717, 1.165) is 23.5 Å². The van der Waals surface area contributed by atoms with E-state index in [0.29, 0.717) is 12.1 Å². The van der Waals surface area contributed by atoms with Crippen molar-refractivity contribution in [2.75, 3.05) is 5.73 Å². The summed E-state index contributed by atoms with van der Waals surface area (Å²) in [7, 11) is 0. The molecule has 1 aromatic heterocycles. The maximum atomic E-state index is 8.98. The molecule has 0 radical (unpaired) electrons. The molecule has 0 bridgehead atoms. The number of nitrogens with zero attached hydrogens (tertiary/aromatic N) is 3. The molecule has 3 rings (SSSR count). The zero-order valence-corrected chi connectivity index (χ0v) is 12.1. The lowest BCUT2D eigenvalue weighted by Crippen LogP contribution is -2.05. The first-order chi connectivity index (χ1) is 10.7. The first-order valence-corrected chi connectivity index (χ1v) is 7.08. The van der Waals surface area contributed by atoms with Gasteiger partial charge in [-0.25, -0.2) is 4.98 Å². The van der Waals surface area contributed by atoms with Crippen molar-refractivity contribution in [3.8, 4) is 6.07 Å². The normalized spacial score (nSPS) is 10.3. The summed E-state index contributed by atoms with van der Waals surface area (Å²) in [5, 5.41) is 8.98. The van der Waals surface area contributed by atoms with Gasteiger partial charge in [-0.2, -0.15) is 5.26 Å². The molecule has 108 valence electrons. The van der Waals surface area contributed by atoms with Crippen LogP contribution < -0.4 is 5.73 Å². The Kier molecular flexibility index (Phi) is 3.88. The standard InChI is InChI=1S/C18H16N4/c19-12-15-2-1-3-16(10-15)13-22-9-8-21-18(22)11-14-4-6-17(20)7-5-14/h1-10H,11,13,20H2. The largest absolute Gasteiger partial charge is 0.399 e. The Morgan fingerprint density at radius 1 is 1.09 bits per heavy atom. The second kappa shape index (κ2) is 6.15. The fourth-order valence-corrected chi connectivity index (χ4v) is 2.41. The van der Waals surface area contributed by atoms with Crippen LogP contribution in [0.25, 0.3) is 0 Å². The number of anilines is 1. The van der Waals surface area contributed by atoms with Crippen LogP contribution in [0.3, 0.4) is 0 Å². The Morgan fingerprint density at radius 3 is 2.68 bits per heavy atom. The molecule has 0 atom stereocenters. The van der Waals surface area contributed by atoms with Crippen LogP contribution in [0.1, 0.15) is 22.5 Å². The predicted octanol–water partition coefficient (Wildman–Crippen LogP) is 2.98. The summed E-state index contributed by atoms with van der Waals surface area (Å²) in [6.07, 6.45) is 4.53. The Bertz CT molecular complexity index is 810. The van der Waals surface area contributed by atoms with Crippen LogP contribution in [0, 0.1) is 11.3 Å². The third kappa shape index (κ3) is 3.15. The number of rotatable bonds is 4. The molecular weight excluding hydrogens is 272 g/mol. The van der Waals surface area contributed by atoms with Crippen molar-refractivity contribution in [2.45, 2.75) is 13.0 Å². The minimum absolute atomic E-state index is 0.678. The maximum absolute atomic E-state index is 8.98. The lowest BCUT2D eigenvalue weighted by atomic mass is 10.1. The van der Waals surface area contributed by atoms with Gasteiger partial charge in [0.1, 0.15) is 5.82 Å². The van der Waals surface area contributed by atoms with Gasteiger partial charge in [0.2, 0.25) is 0 Å². The van der Waals surface area contributed by atoms with E-state index in [-0.39, 0.29) is 0 Å². The summed E-state index contributed by atoms with van der Waals surface area (Å²) in [4.78, 5) is 4.44. The molecule has 3 aromatic rings. The molecule has 22 heavy (non-hydrogen) atoms. The smallest absolute Gasteiger partial charge is 0.113 e. The maximum Gasteiger partial charge on any atom is 0.113 e. The highest BCUT2D eigenvalue weighted by Gasteiger charge is 2.05. The van der Waals surface area contributed by atoms with Gasteiger partial charge in [0.25, 0.3) is 0 Å². The van der Waals surface area contributed by atoms with Crippen molar-refractivity contribution >= 4 is 5.69 Å². The van der Waals surface area contributed by atoms with Crippen LogP contribution in [-0.4, -0.2) is 9.55 Å². The first-order valence-electron chi connectivity index (χ1n) is 7.08. The molecule has 0 spiro atoms. The summed E-state index contributed by atoms with van der Waals surface area (Å²) < 4.78 is 2.10. The van der Waals surface area contributed by atoms with Crippen molar-refractivity contribution in [3.63, 3.8) is 0 Å². The van der Waals surface area contributed by atoms with Crippen molar-refractivity contribution in [3.05, 3.63) is 83.4 Å². The Labute approximate surface area is 129 Å². The van der Waals surface area contributed by atoms with Gasteiger partial charge in [-0.05, 0) is 35.4 Å². The number of nitrogens with two attached hydrogens (primary N) is 1. The van der Waals surface area contributed by atoms with Crippen LogP contribution in [0.5, 0.6) is 0 Å². The van der Waals surface area contributed by atoms with Gasteiger partial charge in [0.15, 0.2) is 0 Å². The van der Waals surface area contributed by atoms with Crippen LogP contribution in [0.4, 0.5) is 5.69 Å². The number of aromatic nitrogens is 2. The third-order valence-electron chi connectivity index (χ3n) is 3.55. The van der Waals surface area contributed by atoms with Gasteiger partial charge in [0.05, 0.1) is 11.6 Å². The highest BCUT2D eigenvalue weighted by molar-refractivity contribution is 5.40. The lowest BCUT2D eigenvalue weighted by Gasteiger charge is -2.09. The second-order valence-corrected chi connectivity index (χ2v) is 5.20. The number of hydrogen-bond acceptors (Lipinski definition) is 3. The van der Waals surface area contributed by atoms with Crippen LogP contribution in [0.2, 0.25) is 0 Å². The fourth-order valence-electron chi connectivity index (χ4n) is 2.41. The van der Waals surface area contributed by atoms with E-state index in [1.54, 1.807) is 6.20 Å². The Balaban J connectivity index is 1.80. The van der Waals surface area contributed by atoms with E-state index in [2.05, 4.69) is 15.6 Å². The van der Waals surface area contributed by atoms with Crippen LogP contribution in [-0.2, 0) is 13.0 Å². The van der Waals surface area contributed by atoms with Gasteiger partial charge in [-0.3, -0.25) is 0 Å². The molecule has 0 amide bonds. The average Bonchev–Trinajstić information content (AvgIpc) is 2.97. The van der Waals surface area contributed by atoms with Crippen molar-refractivity contribution in [2.24, 2.45) is 0 Å². The third-order valence-corrected chi connectivity index (χ3v) is 3.55. The number of nitrogen functional groups attached to an aromatic ring is 1. The molecule has 0 unspecified atom stereocenters. The Hall–Kier alpha value is -3.06. The lowest BCUT2D eigenvalue weighted by molar-refractivity contribution is 0.740. The van der Waals surface area contributed by atoms with Crippen molar-refractivity contribution < 1.29 is 0 Å². The summed E-state index contributed by atoms with van der Waals surface area (Å²) in [6, 6.07) is 17.7. The van der Waals surface area contributed by atoms with Gasteiger partial charge >= 0.3 is 0 Å². The SMILES string of the molecule is N#Cc1cccc(Cn2ccnc2Cc2ccc(N)cc2)c1. The number of benzene rings is 2. The minimum atomic E-state index is 0.678. The average molecular weight is 288 g/mol. The molecule has 4 nitrogen and oxygen atoms in total. The van der Waals surface area contributed by atoms with E-state index >= 15 is 0 Å². The fraction of sp³-hybridized carbons (Fsp3) is 0.111. The molecule has 4 heteroatoms. The molecular formula is C18H16N4. The summed E-state index contributed by atoms with van der Waals surface area (Å²) >= 11 is 0. The quantitative estimate of drug-likeness (QED) is 0.750. The second-order valence-electron chi connectivity index (χ2n) is 5.20. The number of nitriles is 1. The van der Waals surface area contributed by atoms with E-state index < -0.39 is 0 Å². The van der Waals surface area contributed by atoms with Gasteiger partial charge in [0, 0.05) is 31.0 Å². The molecule has 0 aliphatic carbocycles. The predicted molar refractivity (Wildman–Crippen MR) is 86.1 cm³/mol. The molecule has 1 heterocycles. The molecule has 0 saturated carbocycles. The van der Waals surface area contributed by atoms with E-state index in [9.17, 15) is 0 Å². The minimum Gasteiger partial charge on any atom is -0.399 e. The molecule has 2 aromatic carbocycles. The van der Waals surface area contributed by atoms with Gasteiger partial charge in [-0.15, -0.1) is 0 Å². The molecule has 0 fully saturated rings. The molecule has 0 aliphatic heterocycles. The highest BCUT2D eigenvalue weighted by atomic mass is 15.1. The molecule has 0 saturated heterocycles. The molecule has 2 N–H and O–H groups in total. The van der Waals surface area contributed by atoms with Crippen LogP contribution >= 0.6 is 0 Å². The Morgan fingerprint density at radius 2 is 1.91 bits per heavy atom. The summed E-state index contributed by atoms with van der Waals surface area (Å²) in [5.74, 6) is 0.993. The van der Waals surface area contributed by atoms with E-state index in [1.807, 2.05) is 54.7 Å². The summed E-state index contributed by atoms with van der Waals surface area (Å²) in [6.45, 7) is 0.708. The topological polar surface area (TPSA) is 67.6 Å². The monoisotopic (exact) mass is 288 g/mol. The van der Waals surface area contributed by atoms with Crippen LogP contribution in [0.15, 0.2) is 60.9 Å². The zero-order chi connectivity index (χ0) is 15.4.